The van der Waals surface area contributed by atoms with Gasteiger partial charge in [-0.1, -0.05) is 37.0 Å². The van der Waals surface area contributed by atoms with Crippen molar-refractivity contribution in [2.75, 3.05) is 20.1 Å². The molecule has 2 atom stereocenters. The van der Waals surface area contributed by atoms with Gasteiger partial charge in [0.05, 0.1) is 0 Å². The van der Waals surface area contributed by atoms with Crippen LogP contribution in [-0.2, 0) is 0 Å². The average Bonchev–Trinajstić information content (AvgIpc) is 2.39. The second kappa shape index (κ2) is 7.13. The molecule has 0 spiro atoms. The zero-order valence-electron chi connectivity index (χ0n) is 12.5. The first kappa shape index (κ1) is 16.1. The van der Waals surface area contributed by atoms with Gasteiger partial charge in [-0.05, 0) is 56.1 Å². The van der Waals surface area contributed by atoms with Gasteiger partial charge in [-0.2, -0.15) is 0 Å². The zero-order chi connectivity index (χ0) is 14.7. The van der Waals surface area contributed by atoms with Crippen LogP contribution < -0.4 is 5.32 Å². The van der Waals surface area contributed by atoms with E-state index in [0.29, 0.717) is 18.0 Å². The standard InChI is InChI=1S/C16H24Cl2N2/c1-11(2)19-10-12-5-4-8-20(3)16(12)14-9-13(17)6-7-15(14)18/h6-7,9,11-12,16,19H,4-5,8,10H2,1-3H3. The Morgan fingerprint density at radius 2 is 2.10 bits per heavy atom. The number of likely N-dealkylation sites (tertiary alicyclic amines) is 1. The minimum Gasteiger partial charge on any atom is -0.314 e. The van der Waals surface area contributed by atoms with Crippen LogP contribution in [0.3, 0.4) is 0 Å². The quantitative estimate of drug-likeness (QED) is 0.887. The fraction of sp³-hybridized carbons (Fsp3) is 0.625. The molecule has 0 aliphatic carbocycles. The van der Waals surface area contributed by atoms with Crippen molar-refractivity contribution in [2.24, 2.45) is 5.92 Å². The van der Waals surface area contributed by atoms with Crippen molar-refractivity contribution in [2.45, 2.75) is 38.8 Å². The Balaban J connectivity index is 2.24. The van der Waals surface area contributed by atoms with Crippen LogP contribution in [0.5, 0.6) is 0 Å². The van der Waals surface area contributed by atoms with Gasteiger partial charge >= 0.3 is 0 Å². The highest BCUT2D eigenvalue weighted by atomic mass is 35.5. The maximum atomic E-state index is 6.42. The van der Waals surface area contributed by atoms with Gasteiger partial charge in [0.1, 0.15) is 0 Å². The number of halogens is 2. The van der Waals surface area contributed by atoms with Crippen molar-refractivity contribution in [1.29, 1.82) is 0 Å². The second-order valence-electron chi connectivity index (χ2n) is 6.06. The lowest BCUT2D eigenvalue weighted by atomic mass is 9.84. The Morgan fingerprint density at radius 3 is 2.80 bits per heavy atom. The lowest BCUT2D eigenvalue weighted by Gasteiger charge is -2.40. The van der Waals surface area contributed by atoms with E-state index in [2.05, 4.69) is 31.1 Å². The molecule has 0 amide bonds. The Morgan fingerprint density at radius 1 is 1.35 bits per heavy atom. The van der Waals surface area contributed by atoms with Gasteiger partial charge in [0.15, 0.2) is 0 Å². The Hall–Kier alpha value is -0.280. The summed E-state index contributed by atoms with van der Waals surface area (Å²) in [5, 5.41) is 5.15. The normalized spacial score (nSPS) is 24.3. The molecule has 1 saturated heterocycles. The van der Waals surface area contributed by atoms with Crippen LogP contribution in [0, 0.1) is 5.92 Å². The van der Waals surface area contributed by atoms with Gasteiger partial charge < -0.3 is 5.32 Å². The summed E-state index contributed by atoms with van der Waals surface area (Å²) >= 11 is 12.6. The van der Waals surface area contributed by atoms with Gasteiger partial charge in [0, 0.05) is 28.7 Å². The molecule has 1 N–H and O–H groups in total. The fourth-order valence-electron chi connectivity index (χ4n) is 3.09. The number of hydrogen-bond acceptors (Lipinski definition) is 2. The molecular formula is C16H24Cl2N2. The summed E-state index contributed by atoms with van der Waals surface area (Å²) in [6.07, 6.45) is 2.48. The second-order valence-corrected chi connectivity index (χ2v) is 6.90. The fourth-order valence-corrected chi connectivity index (χ4v) is 3.50. The predicted molar refractivity (Wildman–Crippen MR) is 87.7 cm³/mol. The molecular weight excluding hydrogens is 291 g/mol. The summed E-state index contributed by atoms with van der Waals surface area (Å²) in [6, 6.07) is 6.66. The van der Waals surface area contributed by atoms with E-state index in [0.717, 1.165) is 28.7 Å². The zero-order valence-corrected chi connectivity index (χ0v) is 14.0. The van der Waals surface area contributed by atoms with Crippen LogP contribution in [0.4, 0.5) is 0 Å². The van der Waals surface area contributed by atoms with E-state index in [1.54, 1.807) is 0 Å². The molecule has 20 heavy (non-hydrogen) atoms. The number of nitrogens with zero attached hydrogens (tertiary/aromatic N) is 1. The Labute approximate surface area is 132 Å². The largest absolute Gasteiger partial charge is 0.314 e. The SMILES string of the molecule is CC(C)NCC1CCCN(C)C1c1cc(Cl)ccc1Cl. The van der Waals surface area contributed by atoms with Crippen LogP contribution in [0.25, 0.3) is 0 Å². The van der Waals surface area contributed by atoms with E-state index in [4.69, 9.17) is 23.2 Å². The third kappa shape index (κ3) is 3.88. The third-order valence-electron chi connectivity index (χ3n) is 4.07. The summed E-state index contributed by atoms with van der Waals surface area (Å²) < 4.78 is 0. The number of rotatable bonds is 4. The minimum atomic E-state index is 0.348. The van der Waals surface area contributed by atoms with E-state index < -0.39 is 0 Å². The molecule has 0 radical (unpaired) electrons. The van der Waals surface area contributed by atoms with Crippen molar-refractivity contribution >= 4 is 23.2 Å². The summed E-state index contributed by atoms with van der Waals surface area (Å²) in [6.45, 7) is 6.52. The first-order valence-corrected chi connectivity index (χ1v) is 8.13. The van der Waals surface area contributed by atoms with E-state index in [1.165, 1.54) is 12.8 Å². The molecule has 2 nitrogen and oxygen atoms in total. The molecule has 1 fully saturated rings. The van der Waals surface area contributed by atoms with E-state index >= 15 is 0 Å². The van der Waals surface area contributed by atoms with Crippen LogP contribution in [0.2, 0.25) is 10.0 Å². The lowest BCUT2D eigenvalue weighted by Crippen LogP contribution is -2.41. The highest BCUT2D eigenvalue weighted by molar-refractivity contribution is 6.33. The average molecular weight is 315 g/mol. The maximum absolute atomic E-state index is 6.42. The molecule has 1 heterocycles. The van der Waals surface area contributed by atoms with Gasteiger partial charge in [0.2, 0.25) is 0 Å². The van der Waals surface area contributed by atoms with Crippen molar-refractivity contribution < 1.29 is 0 Å². The van der Waals surface area contributed by atoms with Crippen LogP contribution in [-0.4, -0.2) is 31.1 Å². The molecule has 1 aliphatic heterocycles. The summed E-state index contributed by atoms with van der Waals surface area (Å²) in [5.74, 6) is 0.576. The van der Waals surface area contributed by atoms with Crippen LogP contribution in [0.15, 0.2) is 18.2 Å². The number of hydrogen-bond donors (Lipinski definition) is 1. The predicted octanol–water partition coefficient (Wildman–Crippen LogP) is 4.37. The number of piperidine rings is 1. The highest BCUT2D eigenvalue weighted by Crippen LogP contribution is 2.39. The molecule has 0 saturated carbocycles. The smallest absolute Gasteiger partial charge is 0.0455 e. The van der Waals surface area contributed by atoms with E-state index in [-0.39, 0.29) is 0 Å². The third-order valence-corrected chi connectivity index (χ3v) is 4.65. The first-order chi connectivity index (χ1) is 9.49. The minimum absolute atomic E-state index is 0.348. The summed E-state index contributed by atoms with van der Waals surface area (Å²) in [5.41, 5.74) is 1.16. The van der Waals surface area contributed by atoms with Crippen molar-refractivity contribution in [3.05, 3.63) is 33.8 Å². The topological polar surface area (TPSA) is 15.3 Å². The number of benzene rings is 1. The van der Waals surface area contributed by atoms with Crippen LogP contribution in [0.1, 0.15) is 38.3 Å². The maximum Gasteiger partial charge on any atom is 0.0455 e. The van der Waals surface area contributed by atoms with Gasteiger partial charge in [-0.3, -0.25) is 4.90 Å². The molecule has 4 heteroatoms. The van der Waals surface area contributed by atoms with Gasteiger partial charge in [-0.25, -0.2) is 0 Å². The molecule has 0 aromatic heterocycles. The van der Waals surface area contributed by atoms with E-state index in [9.17, 15) is 0 Å². The molecule has 1 aromatic carbocycles. The van der Waals surface area contributed by atoms with E-state index in [1.807, 2.05) is 18.2 Å². The van der Waals surface area contributed by atoms with Gasteiger partial charge in [0.25, 0.3) is 0 Å². The lowest BCUT2D eigenvalue weighted by molar-refractivity contribution is 0.118. The van der Waals surface area contributed by atoms with Crippen LogP contribution >= 0.6 is 23.2 Å². The number of nitrogens with one attached hydrogen (secondary N) is 1. The van der Waals surface area contributed by atoms with Crippen molar-refractivity contribution in [3.63, 3.8) is 0 Å². The molecule has 1 aliphatic rings. The molecule has 1 aromatic rings. The Kier molecular flexibility index (Phi) is 5.74. The summed E-state index contributed by atoms with van der Waals surface area (Å²) in [7, 11) is 2.18. The first-order valence-electron chi connectivity index (χ1n) is 7.37. The molecule has 112 valence electrons. The van der Waals surface area contributed by atoms with Crippen molar-refractivity contribution in [3.8, 4) is 0 Å². The van der Waals surface area contributed by atoms with Gasteiger partial charge in [-0.15, -0.1) is 0 Å². The van der Waals surface area contributed by atoms with Crippen molar-refractivity contribution in [1.82, 2.24) is 10.2 Å². The Bertz CT molecular complexity index is 448. The monoisotopic (exact) mass is 314 g/mol. The highest BCUT2D eigenvalue weighted by Gasteiger charge is 2.31. The summed E-state index contributed by atoms with van der Waals surface area (Å²) in [4.78, 5) is 2.41. The molecule has 2 rings (SSSR count). The molecule has 0 bridgehead atoms. The molecule has 2 unspecified atom stereocenters.